The van der Waals surface area contributed by atoms with Gasteiger partial charge in [0.05, 0.1) is 17.1 Å². The molecular formula is C22H22Cl2N4O5. The number of nitro benzene ring substituents is 1. The van der Waals surface area contributed by atoms with Gasteiger partial charge in [-0.05, 0) is 36.4 Å². The molecule has 2 heterocycles. The van der Waals surface area contributed by atoms with Crippen LogP contribution in [0.25, 0.3) is 0 Å². The van der Waals surface area contributed by atoms with E-state index in [0.29, 0.717) is 43.3 Å². The Morgan fingerprint density at radius 1 is 0.909 bits per heavy atom. The monoisotopic (exact) mass is 492 g/mol. The first-order chi connectivity index (χ1) is 15.7. The van der Waals surface area contributed by atoms with Crippen LogP contribution in [0.4, 0.5) is 5.69 Å². The zero-order valence-electron chi connectivity index (χ0n) is 17.6. The number of likely N-dealkylation sites (tertiary alicyclic amines) is 1. The van der Waals surface area contributed by atoms with Crippen LogP contribution in [0.2, 0.25) is 10.0 Å². The third-order valence-corrected chi connectivity index (χ3v) is 6.67. The molecule has 0 radical (unpaired) electrons. The van der Waals surface area contributed by atoms with Crippen LogP contribution >= 0.6 is 23.2 Å². The molecule has 2 saturated heterocycles. The predicted molar refractivity (Wildman–Crippen MR) is 123 cm³/mol. The van der Waals surface area contributed by atoms with E-state index in [9.17, 15) is 24.8 Å². The van der Waals surface area contributed by atoms with Crippen molar-refractivity contribution in [2.45, 2.75) is 12.1 Å². The van der Waals surface area contributed by atoms with Crippen molar-refractivity contribution in [3.8, 4) is 0 Å². The van der Waals surface area contributed by atoms with Crippen LogP contribution in [-0.2, 0) is 0 Å². The minimum Gasteiger partial charge on any atom is -0.390 e. The summed E-state index contributed by atoms with van der Waals surface area (Å²) < 4.78 is 0. The number of nitrogens with zero attached hydrogens (tertiary/aromatic N) is 4. The first-order valence-electron chi connectivity index (χ1n) is 10.4. The van der Waals surface area contributed by atoms with Gasteiger partial charge in [-0.3, -0.25) is 24.6 Å². The molecule has 2 amide bonds. The highest BCUT2D eigenvalue weighted by Gasteiger charge is 2.39. The molecule has 4 rings (SSSR count). The summed E-state index contributed by atoms with van der Waals surface area (Å²) >= 11 is 11.7. The molecule has 2 fully saturated rings. The smallest absolute Gasteiger partial charge is 0.288 e. The van der Waals surface area contributed by atoms with Crippen molar-refractivity contribution in [2.24, 2.45) is 0 Å². The number of β-amino-alcohol motifs (C(OH)–C–C–N with tert-alkyl or cyclic N) is 1. The molecule has 2 aliphatic heterocycles. The Labute approximate surface area is 200 Å². The van der Waals surface area contributed by atoms with E-state index < -0.39 is 16.9 Å². The first-order valence-corrected chi connectivity index (χ1v) is 11.2. The number of aliphatic hydroxyl groups excluding tert-OH is 1. The van der Waals surface area contributed by atoms with Gasteiger partial charge in [-0.2, -0.15) is 0 Å². The van der Waals surface area contributed by atoms with Gasteiger partial charge in [0, 0.05) is 61.5 Å². The number of nitro groups is 1. The highest BCUT2D eigenvalue weighted by Crippen LogP contribution is 2.27. The Kier molecular flexibility index (Phi) is 6.85. The van der Waals surface area contributed by atoms with Gasteiger partial charge in [0.25, 0.3) is 17.5 Å². The molecule has 11 heteroatoms. The molecule has 2 atom stereocenters. The van der Waals surface area contributed by atoms with Crippen molar-refractivity contribution >= 4 is 40.7 Å². The molecular weight excluding hydrogens is 471 g/mol. The van der Waals surface area contributed by atoms with Crippen LogP contribution in [0, 0.1) is 10.1 Å². The average Bonchev–Trinajstić information content (AvgIpc) is 3.20. The first kappa shape index (κ1) is 23.4. The zero-order valence-corrected chi connectivity index (χ0v) is 19.1. The minimum absolute atomic E-state index is 0.0399. The van der Waals surface area contributed by atoms with E-state index in [2.05, 4.69) is 4.90 Å². The van der Waals surface area contributed by atoms with E-state index in [1.54, 1.807) is 29.2 Å². The van der Waals surface area contributed by atoms with E-state index in [4.69, 9.17) is 23.2 Å². The van der Waals surface area contributed by atoms with Gasteiger partial charge in [0.15, 0.2) is 0 Å². The molecule has 2 aromatic carbocycles. The van der Waals surface area contributed by atoms with Gasteiger partial charge >= 0.3 is 0 Å². The summed E-state index contributed by atoms with van der Waals surface area (Å²) in [7, 11) is 0. The van der Waals surface area contributed by atoms with Crippen LogP contribution in [0.1, 0.15) is 20.7 Å². The Hall–Kier alpha value is -2.72. The molecule has 2 aromatic rings. The SMILES string of the molecule is O=C(c1ccc(Cl)cc1)N1CCN([C@@H]2CN(C(=O)c3ccc(Cl)c([N+](=O)[O-])c3)C[C@H]2O)CC1. The number of hydrogen-bond acceptors (Lipinski definition) is 6. The molecule has 1 N–H and O–H groups in total. The second-order valence-electron chi connectivity index (χ2n) is 8.10. The molecule has 33 heavy (non-hydrogen) atoms. The van der Waals surface area contributed by atoms with Crippen LogP contribution in [0.3, 0.4) is 0 Å². The maximum absolute atomic E-state index is 12.9. The molecule has 0 aliphatic carbocycles. The number of carbonyl (C=O) groups is 2. The lowest BCUT2D eigenvalue weighted by Crippen LogP contribution is -2.54. The number of carbonyl (C=O) groups excluding carboxylic acids is 2. The Balaban J connectivity index is 1.37. The number of aliphatic hydroxyl groups is 1. The summed E-state index contributed by atoms with van der Waals surface area (Å²) in [6, 6.07) is 10.4. The fraction of sp³-hybridized carbons (Fsp3) is 0.364. The maximum Gasteiger partial charge on any atom is 0.288 e. The zero-order chi connectivity index (χ0) is 23.7. The van der Waals surface area contributed by atoms with Crippen molar-refractivity contribution in [2.75, 3.05) is 39.3 Å². The van der Waals surface area contributed by atoms with E-state index in [1.165, 1.54) is 17.0 Å². The molecule has 0 saturated carbocycles. The van der Waals surface area contributed by atoms with Crippen LogP contribution < -0.4 is 0 Å². The van der Waals surface area contributed by atoms with Crippen LogP contribution in [-0.4, -0.2) is 88.0 Å². The highest BCUT2D eigenvalue weighted by atomic mass is 35.5. The summed E-state index contributed by atoms with van der Waals surface area (Å²) in [5.41, 5.74) is 0.389. The summed E-state index contributed by atoms with van der Waals surface area (Å²) in [5, 5.41) is 22.3. The number of piperazine rings is 1. The summed E-state index contributed by atoms with van der Waals surface area (Å²) in [4.78, 5) is 41.4. The number of rotatable bonds is 4. The van der Waals surface area contributed by atoms with E-state index >= 15 is 0 Å². The van der Waals surface area contributed by atoms with Gasteiger partial charge in [-0.1, -0.05) is 23.2 Å². The lowest BCUT2D eigenvalue weighted by molar-refractivity contribution is -0.384. The molecule has 0 aromatic heterocycles. The van der Waals surface area contributed by atoms with Gasteiger partial charge in [-0.15, -0.1) is 0 Å². The Morgan fingerprint density at radius 2 is 1.52 bits per heavy atom. The predicted octanol–water partition coefficient (Wildman–Crippen LogP) is 2.54. The minimum atomic E-state index is -0.755. The van der Waals surface area contributed by atoms with Crippen LogP contribution in [0.5, 0.6) is 0 Å². The normalized spacial score (nSPS) is 21.3. The van der Waals surface area contributed by atoms with Gasteiger partial charge < -0.3 is 14.9 Å². The largest absolute Gasteiger partial charge is 0.390 e. The molecule has 0 unspecified atom stereocenters. The second-order valence-corrected chi connectivity index (χ2v) is 8.95. The Bertz CT molecular complexity index is 1070. The fourth-order valence-corrected chi connectivity index (χ4v) is 4.61. The van der Waals surface area contributed by atoms with Crippen molar-refractivity contribution in [3.63, 3.8) is 0 Å². The number of amides is 2. The average molecular weight is 493 g/mol. The third-order valence-electron chi connectivity index (χ3n) is 6.10. The molecule has 0 bridgehead atoms. The number of benzene rings is 2. The topological polar surface area (TPSA) is 107 Å². The maximum atomic E-state index is 12.9. The van der Waals surface area contributed by atoms with E-state index in [1.807, 2.05) is 0 Å². The number of hydrogen-bond donors (Lipinski definition) is 1. The van der Waals surface area contributed by atoms with Crippen molar-refractivity contribution in [3.05, 3.63) is 73.8 Å². The lowest BCUT2D eigenvalue weighted by atomic mass is 10.1. The Morgan fingerprint density at radius 3 is 2.15 bits per heavy atom. The lowest BCUT2D eigenvalue weighted by Gasteiger charge is -2.38. The standard InChI is InChI=1S/C22H22Cl2N4O5/c23-16-4-1-14(2-5-16)21(30)26-9-7-25(8-10-26)19-12-27(13-20(19)29)22(31)15-3-6-17(24)18(11-15)28(32)33/h1-6,11,19-20,29H,7-10,12-13H2/t19-,20-/m1/s1. The number of halogens is 2. The summed E-state index contributed by atoms with van der Waals surface area (Å²) in [5.74, 6) is -0.465. The van der Waals surface area contributed by atoms with E-state index in [0.717, 1.165) is 6.07 Å². The van der Waals surface area contributed by atoms with Gasteiger partial charge in [-0.25, -0.2) is 0 Å². The van der Waals surface area contributed by atoms with Crippen LogP contribution in [0.15, 0.2) is 42.5 Å². The summed E-state index contributed by atoms with van der Waals surface area (Å²) in [6.45, 7) is 2.56. The van der Waals surface area contributed by atoms with E-state index in [-0.39, 0.29) is 34.8 Å². The molecule has 0 spiro atoms. The third kappa shape index (κ3) is 4.96. The van der Waals surface area contributed by atoms with Crippen molar-refractivity contribution in [1.29, 1.82) is 0 Å². The van der Waals surface area contributed by atoms with Gasteiger partial charge in [0.1, 0.15) is 5.02 Å². The quantitative estimate of drug-likeness (QED) is 0.518. The van der Waals surface area contributed by atoms with Crippen molar-refractivity contribution < 1.29 is 19.6 Å². The highest BCUT2D eigenvalue weighted by molar-refractivity contribution is 6.32. The second kappa shape index (κ2) is 9.64. The van der Waals surface area contributed by atoms with Gasteiger partial charge in [0.2, 0.25) is 0 Å². The molecule has 9 nitrogen and oxygen atoms in total. The van der Waals surface area contributed by atoms with Crippen molar-refractivity contribution in [1.82, 2.24) is 14.7 Å². The fourth-order valence-electron chi connectivity index (χ4n) is 4.29. The summed E-state index contributed by atoms with van der Waals surface area (Å²) in [6.07, 6.45) is -0.755. The molecule has 2 aliphatic rings. The molecule has 174 valence electrons.